The molecule has 6 aliphatic rings. The minimum absolute atomic E-state index is 0.0506. The van der Waals surface area contributed by atoms with E-state index in [1.165, 1.54) is 5.57 Å². The lowest BCUT2D eigenvalue weighted by molar-refractivity contribution is -0.136. The van der Waals surface area contributed by atoms with E-state index in [-0.39, 0.29) is 41.0 Å². The van der Waals surface area contributed by atoms with Crippen LogP contribution < -0.4 is 0 Å². The van der Waals surface area contributed by atoms with Crippen molar-refractivity contribution in [2.45, 2.75) is 76.0 Å². The SMILES string of the molecule is CC(C)C1C[C@@H]2O[C@@]23C2(C)CCC4=C(COC4=O)C2C[C@@H]2OC23C1O. The maximum Gasteiger partial charge on any atom is 0.334 e. The Bertz CT molecular complexity index is 728. The van der Waals surface area contributed by atoms with E-state index in [2.05, 4.69) is 20.8 Å². The molecule has 3 heterocycles. The first-order chi connectivity index (χ1) is 11.9. The number of hydrogen-bond donors (Lipinski definition) is 1. The molecular weight excluding hydrogens is 320 g/mol. The summed E-state index contributed by atoms with van der Waals surface area (Å²) in [6.45, 7) is 7.12. The summed E-state index contributed by atoms with van der Waals surface area (Å²) < 4.78 is 18.1. The quantitative estimate of drug-likeness (QED) is 0.581. The zero-order valence-electron chi connectivity index (χ0n) is 15.1. The molecule has 2 saturated carbocycles. The predicted octanol–water partition coefficient (Wildman–Crippen LogP) is 1.97. The standard InChI is InChI=1S/C20H26O5/c1-9(2)11-6-15-20(25-15)18(3)5-4-10-12(8-23-17(10)22)13(18)7-14-19(20,24-14)16(11)21/h9,11,13-16,21H,4-8H2,1-3H3/t11?,13?,14-,15-,16?,18?,19?,20+/m0/s1. The fourth-order valence-electron chi connectivity index (χ4n) is 7.29. The molecule has 3 aliphatic carbocycles. The van der Waals surface area contributed by atoms with Gasteiger partial charge in [0.25, 0.3) is 0 Å². The van der Waals surface area contributed by atoms with Crippen LogP contribution in [0.3, 0.4) is 0 Å². The van der Waals surface area contributed by atoms with Crippen molar-refractivity contribution in [2.24, 2.45) is 23.2 Å². The molecule has 0 amide bonds. The molecule has 136 valence electrons. The highest BCUT2D eigenvalue weighted by molar-refractivity contribution is 5.92. The van der Waals surface area contributed by atoms with E-state index in [1.807, 2.05) is 0 Å². The summed E-state index contributed by atoms with van der Waals surface area (Å²) in [7, 11) is 0. The van der Waals surface area contributed by atoms with Crippen molar-refractivity contribution < 1.29 is 24.1 Å². The highest BCUT2D eigenvalue weighted by atomic mass is 16.7. The van der Waals surface area contributed by atoms with Crippen LogP contribution in [0.15, 0.2) is 11.1 Å². The maximum atomic E-state index is 12.0. The molecule has 5 unspecified atom stereocenters. The van der Waals surface area contributed by atoms with Crippen molar-refractivity contribution in [3.8, 4) is 0 Å². The fraction of sp³-hybridized carbons (Fsp3) is 0.850. The number of esters is 1. The number of aliphatic hydroxyl groups is 1. The minimum atomic E-state index is -0.516. The first-order valence-electron chi connectivity index (χ1n) is 9.79. The second kappa shape index (κ2) is 4.15. The number of aliphatic hydroxyl groups excluding tert-OH is 1. The molecule has 1 N–H and O–H groups in total. The van der Waals surface area contributed by atoms with Gasteiger partial charge in [0.1, 0.15) is 12.2 Å². The van der Waals surface area contributed by atoms with Gasteiger partial charge in [0.2, 0.25) is 0 Å². The highest BCUT2D eigenvalue weighted by Crippen LogP contribution is 2.79. The zero-order valence-corrected chi connectivity index (χ0v) is 15.1. The number of ether oxygens (including phenoxy) is 3. The lowest BCUT2D eigenvalue weighted by atomic mass is 9.46. The van der Waals surface area contributed by atoms with E-state index < -0.39 is 11.7 Å². The number of cyclic esters (lactones) is 1. The van der Waals surface area contributed by atoms with Crippen LogP contribution in [0.25, 0.3) is 0 Å². The van der Waals surface area contributed by atoms with Crippen molar-refractivity contribution in [3.63, 3.8) is 0 Å². The predicted molar refractivity (Wildman–Crippen MR) is 87.6 cm³/mol. The average Bonchev–Trinajstić information content (AvgIpc) is 3.44. The summed E-state index contributed by atoms with van der Waals surface area (Å²) >= 11 is 0. The Morgan fingerprint density at radius 1 is 1.20 bits per heavy atom. The van der Waals surface area contributed by atoms with Gasteiger partial charge in [-0.2, -0.15) is 0 Å². The van der Waals surface area contributed by atoms with Crippen molar-refractivity contribution in [1.29, 1.82) is 0 Å². The summed E-state index contributed by atoms with van der Waals surface area (Å²) in [5.41, 5.74) is 1.12. The van der Waals surface area contributed by atoms with Gasteiger partial charge < -0.3 is 19.3 Å². The molecule has 4 fully saturated rings. The summed E-state index contributed by atoms with van der Waals surface area (Å²) in [5, 5.41) is 11.3. The van der Waals surface area contributed by atoms with Gasteiger partial charge in [-0.3, -0.25) is 0 Å². The first kappa shape index (κ1) is 15.2. The normalized spacial score (nSPS) is 58.0. The van der Waals surface area contributed by atoms with Crippen molar-refractivity contribution in [1.82, 2.24) is 0 Å². The number of fused-ring (bicyclic) bond motifs is 2. The fourth-order valence-corrected chi connectivity index (χ4v) is 7.29. The molecule has 0 bridgehead atoms. The Kier molecular flexibility index (Phi) is 2.52. The first-order valence-corrected chi connectivity index (χ1v) is 9.79. The van der Waals surface area contributed by atoms with Crippen LogP contribution in [0.1, 0.15) is 46.5 Å². The molecule has 2 spiro atoms. The van der Waals surface area contributed by atoms with Gasteiger partial charge in [0, 0.05) is 11.0 Å². The molecule has 0 aromatic heterocycles. The van der Waals surface area contributed by atoms with Gasteiger partial charge in [-0.25, -0.2) is 4.79 Å². The third-order valence-electron chi connectivity index (χ3n) is 8.63. The number of rotatable bonds is 1. The molecule has 0 aromatic rings. The third-order valence-corrected chi connectivity index (χ3v) is 8.63. The van der Waals surface area contributed by atoms with Gasteiger partial charge in [-0.1, -0.05) is 20.8 Å². The molecule has 5 heteroatoms. The minimum Gasteiger partial charge on any atom is -0.458 e. The Morgan fingerprint density at radius 2 is 2.00 bits per heavy atom. The lowest BCUT2D eigenvalue weighted by Gasteiger charge is -2.54. The van der Waals surface area contributed by atoms with Gasteiger partial charge in [0.05, 0.1) is 18.3 Å². The summed E-state index contributed by atoms with van der Waals surface area (Å²) in [5.74, 6) is 0.806. The second-order valence-electron chi connectivity index (χ2n) is 9.62. The number of carbonyl (C=O) groups excluding carboxylic acids is 1. The molecule has 2 saturated heterocycles. The molecule has 25 heavy (non-hydrogen) atoms. The Morgan fingerprint density at radius 3 is 2.76 bits per heavy atom. The summed E-state index contributed by atoms with van der Waals surface area (Å²) in [6.07, 6.45) is 3.26. The second-order valence-corrected chi connectivity index (χ2v) is 9.62. The number of hydrogen-bond acceptors (Lipinski definition) is 5. The van der Waals surface area contributed by atoms with Gasteiger partial charge >= 0.3 is 5.97 Å². The topological polar surface area (TPSA) is 71.6 Å². The number of carbonyl (C=O) groups is 1. The molecule has 6 rings (SSSR count). The molecule has 0 aromatic carbocycles. The monoisotopic (exact) mass is 346 g/mol. The van der Waals surface area contributed by atoms with Gasteiger partial charge in [0.15, 0.2) is 5.60 Å². The van der Waals surface area contributed by atoms with Gasteiger partial charge in [-0.05, 0) is 49.0 Å². The van der Waals surface area contributed by atoms with Crippen molar-refractivity contribution >= 4 is 5.97 Å². The largest absolute Gasteiger partial charge is 0.458 e. The van der Waals surface area contributed by atoms with Crippen LogP contribution in [-0.2, 0) is 19.0 Å². The average molecular weight is 346 g/mol. The summed E-state index contributed by atoms with van der Waals surface area (Å²) in [4.78, 5) is 12.0. The summed E-state index contributed by atoms with van der Waals surface area (Å²) in [6, 6.07) is 0. The van der Waals surface area contributed by atoms with Crippen LogP contribution in [-0.4, -0.2) is 47.2 Å². The maximum absolute atomic E-state index is 12.0. The van der Waals surface area contributed by atoms with Crippen LogP contribution in [0, 0.1) is 23.2 Å². The Hall–Kier alpha value is -0.910. The van der Waals surface area contributed by atoms with Crippen LogP contribution >= 0.6 is 0 Å². The van der Waals surface area contributed by atoms with Crippen molar-refractivity contribution in [3.05, 3.63) is 11.1 Å². The van der Waals surface area contributed by atoms with E-state index in [0.717, 1.165) is 31.3 Å². The van der Waals surface area contributed by atoms with E-state index in [1.54, 1.807) is 0 Å². The van der Waals surface area contributed by atoms with Crippen LogP contribution in [0.2, 0.25) is 0 Å². The van der Waals surface area contributed by atoms with E-state index in [4.69, 9.17) is 14.2 Å². The van der Waals surface area contributed by atoms with E-state index in [0.29, 0.717) is 12.5 Å². The van der Waals surface area contributed by atoms with Gasteiger partial charge in [-0.15, -0.1) is 0 Å². The van der Waals surface area contributed by atoms with Crippen LogP contribution in [0.5, 0.6) is 0 Å². The van der Waals surface area contributed by atoms with E-state index >= 15 is 0 Å². The molecule has 3 aliphatic heterocycles. The smallest absolute Gasteiger partial charge is 0.334 e. The van der Waals surface area contributed by atoms with E-state index in [9.17, 15) is 9.90 Å². The molecule has 8 atom stereocenters. The lowest BCUT2D eigenvalue weighted by Crippen LogP contribution is -2.66. The third kappa shape index (κ3) is 1.39. The number of epoxide rings is 2. The Balaban J connectivity index is 1.46. The van der Waals surface area contributed by atoms with Crippen molar-refractivity contribution in [2.75, 3.05) is 6.61 Å². The zero-order chi connectivity index (χ0) is 17.4. The Labute approximate surface area is 147 Å². The molecular formula is C20H26O5. The highest BCUT2D eigenvalue weighted by Gasteiger charge is 2.92. The molecule has 5 nitrogen and oxygen atoms in total. The molecule has 0 radical (unpaired) electrons. The van der Waals surface area contributed by atoms with Crippen LogP contribution in [0.4, 0.5) is 0 Å².